The molecular formula is C10H12FN3O2. The number of hydrogen-bond donors (Lipinski definition) is 2. The van der Waals surface area contributed by atoms with Crippen LogP contribution in [0, 0.1) is 5.82 Å². The number of rotatable bonds is 2. The molecule has 1 fully saturated rings. The van der Waals surface area contributed by atoms with Crippen molar-refractivity contribution in [2.75, 3.05) is 13.7 Å². The molecule has 1 saturated heterocycles. The lowest BCUT2D eigenvalue weighted by atomic mass is 9.99. The summed E-state index contributed by atoms with van der Waals surface area (Å²) in [7, 11) is 1.43. The van der Waals surface area contributed by atoms with Crippen LogP contribution in [0.1, 0.15) is 11.6 Å². The molecule has 0 saturated carbocycles. The van der Waals surface area contributed by atoms with Crippen LogP contribution in [0.2, 0.25) is 0 Å². The fourth-order valence-electron chi connectivity index (χ4n) is 1.72. The maximum absolute atomic E-state index is 13.7. The Morgan fingerprint density at radius 1 is 1.69 bits per heavy atom. The van der Waals surface area contributed by atoms with E-state index in [0.717, 1.165) is 0 Å². The van der Waals surface area contributed by atoms with Gasteiger partial charge in [-0.15, -0.1) is 0 Å². The number of ether oxygens (including phenoxy) is 1. The SMILES string of the molecule is COc1cnc([C@@H]2CNC(=O)[C@H]2N)c(F)c1. The summed E-state index contributed by atoms with van der Waals surface area (Å²) in [4.78, 5) is 15.1. The first-order valence-electron chi connectivity index (χ1n) is 4.86. The highest BCUT2D eigenvalue weighted by Gasteiger charge is 2.35. The number of methoxy groups -OCH3 is 1. The molecule has 0 bridgehead atoms. The van der Waals surface area contributed by atoms with Gasteiger partial charge in [-0.25, -0.2) is 4.39 Å². The number of nitrogens with one attached hydrogen (secondary N) is 1. The third-order valence-electron chi connectivity index (χ3n) is 2.66. The number of carbonyl (C=O) groups excluding carboxylic acids is 1. The van der Waals surface area contributed by atoms with Crippen LogP contribution in [0.3, 0.4) is 0 Å². The van der Waals surface area contributed by atoms with Crippen molar-refractivity contribution in [2.24, 2.45) is 5.73 Å². The highest BCUT2D eigenvalue weighted by atomic mass is 19.1. The summed E-state index contributed by atoms with van der Waals surface area (Å²) < 4.78 is 18.5. The van der Waals surface area contributed by atoms with Crippen LogP contribution in [-0.4, -0.2) is 30.6 Å². The summed E-state index contributed by atoms with van der Waals surface area (Å²) >= 11 is 0. The molecule has 1 amide bonds. The Hall–Kier alpha value is -1.69. The molecule has 1 aliphatic heterocycles. The summed E-state index contributed by atoms with van der Waals surface area (Å²) in [5.41, 5.74) is 5.84. The predicted octanol–water partition coefficient (Wildman–Crippen LogP) is -0.230. The second-order valence-electron chi connectivity index (χ2n) is 3.62. The first-order valence-corrected chi connectivity index (χ1v) is 4.86. The van der Waals surface area contributed by atoms with Crippen LogP contribution in [-0.2, 0) is 4.79 Å². The van der Waals surface area contributed by atoms with Crippen molar-refractivity contribution in [3.63, 3.8) is 0 Å². The van der Waals surface area contributed by atoms with E-state index < -0.39 is 17.8 Å². The molecule has 16 heavy (non-hydrogen) atoms. The summed E-state index contributed by atoms with van der Waals surface area (Å²) in [6.07, 6.45) is 1.41. The van der Waals surface area contributed by atoms with E-state index in [2.05, 4.69) is 10.3 Å². The van der Waals surface area contributed by atoms with E-state index in [9.17, 15) is 9.18 Å². The molecule has 5 nitrogen and oxygen atoms in total. The normalized spacial score (nSPS) is 24.3. The van der Waals surface area contributed by atoms with Crippen molar-refractivity contribution in [1.82, 2.24) is 10.3 Å². The Morgan fingerprint density at radius 3 is 2.94 bits per heavy atom. The molecular weight excluding hydrogens is 213 g/mol. The lowest BCUT2D eigenvalue weighted by Gasteiger charge is -2.13. The molecule has 1 aliphatic rings. The molecule has 0 radical (unpaired) electrons. The minimum atomic E-state index is -0.740. The minimum absolute atomic E-state index is 0.201. The van der Waals surface area contributed by atoms with Crippen LogP contribution in [0.5, 0.6) is 5.75 Å². The fourth-order valence-corrected chi connectivity index (χ4v) is 1.72. The zero-order valence-corrected chi connectivity index (χ0v) is 8.74. The van der Waals surface area contributed by atoms with E-state index in [1.165, 1.54) is 19.4 Å². The maximum atomic E-state index is 13.7. The monoisotopic (exact) mass is 225 g/mol. The Morgan fingerprint density at radius 2 is 2.44 bits per heavy atom. The van der Waals surface area contributed by atoms with E-state index in [4.69, 9.17) is 10.5 Å². The number of nitrogens with two attached hydrogens (primary N) is 1. The molecule has 0 unspecified atom stereocenters. The standard InChI is InChI=1S/C10H12FN3O2/c1-16-5-2-7(11)9(13-3-5)6-4-14-10(15)8(6)12/h2-3,6,8H,4,12H2,1H3,(H,14,15)/t6-,8+/m1/s1. The van der Waals surface area contributed by atoms with Gasteiger partial charge in [-0.2, -0.15) is 0 Å². The average Bonchev–Trinajstić information content (AvgIpc) is 2.60. The summed E-state index contributed by atoms with van der Waals surface area (Å²) in [6.45, 7) is 0.316. The molecule has 1 aromatic heterocycles. The quantitative estimate of drug-likeness (QED) is 0.729. The van der Waals surface area contributed by atoms with Crippen LogP contribution < -0.4 is 15.8 Å². The number of amides is 1. The fraction of sp³-hybridized carbons (Fsp3) is 0.400. The molecule has 3 N–H and O–H groups in total. The third-order valence-corrected chi connectivity index (χ3v) is 2.66. The largest absolute Gasteiger partial charge is 0.495 e. The van der Waals surface area contributed by atoms with Gasteiger partial charge in [0.05, 0.1) is 25.0 Å². The molecule has 86 valence electrons. The van der Waals surface area contributed by atoms with Crippen LogP contribution >= 0.6 is 0 Å². The summed E-state index contributed by atoms with van der Waals surface area (Å²) in [5.74, 6) is -0.858. The van der Waals surface area contributed by atoms with E-state index in [1.54, 1.807) is 0 Å². The van der Waals surface area contributed by atoms with Crippen molar-refractivity contribution in [2.45, 2.75) is 12.0 Å². The predicted molar refractivity (Wildman–Crippen MR) is 54.5 cm³/mol. The van der Waals surface area contributed by atoms with Crippen molar-refractivity contribution < 1.29 is 13.9 Å². The molecule has 2 rings (SSSR count). The minimum Gasteiger partial charge on any atom is -0.495 e. The number of pyridine rings is 1. The first-order chi connectivity index (χ1) is 7.63. The molecule has 6 heteroatoms. The average molecular weight is 225 g/mol. The summed E-state index contributed by atoms with van der Waals surface area (Å²) in [6, 6.07) is 0.494. The van der Waals surface area contributed by atoms with Crippen molar-refractivity contribution in [1.29, 1.82) is 0 Å². The van der Waals surface area contributed by atoms with Gasteiger partial charge in [0, 0.05) is 18.5 Å². The van der Waals surface area contributed by atoms with Crippen molar-refractivity contribution in [3.05, 3.63) is 23.8 Å². The van der Waals surface area contributed by atoms with Gasteiger partial charge in [0.2, 0.25) is 5.91 Å². The van der Waals surface area contributed by atoms with Crippen LogP contribution in [0.25, 0.3) is 0 Å². The maximum Gasteiger partial charge on any atom is 0.237 e. The Bertz CT molecular complexity index is 425. The van der Waals surface area contributed by atoms with Crippen LogP contribution in [0.15, 0.2) is 12.3 Å². The highest BCUT2D eigenvalue weighted by molar-refractivity contribution is 5.85. The number of carbonyl (C=O) groups is 1. The number of halogens is 1. The lowest BCUT2D eigenvalue weighted by molar-refractivity contribution is -0.120. The Kier molecular flexibility index (Phi) is 2.74. The molecule has 0 spiro atoms. The van der Waals surface area contributed by atoms with E-state index in [1.807, 2.05) is 0 Å². The Labute approximate surface area is 91.8 Å². The van der Waals surface area contributed by atoms with Gasteiger partial charge in [-0.3, -0.25) is 9.78 Å². The van der Waals surface area contributed by atoms with Gasteiger partial charge in [0.1, 0.15) is 11.6 Å². The smallest absolute Gasteiger partial charge is 0.237 e. The van der Waals surface area contributed by atoms with Gasteiger partial charge in [0.25, 0.3) is 0 Å². The zero-order chi connectivity index (χ0) is 11.7. The third kappa shape index (κ3) is 1.71. The second kappa shape index (κ2) is 4.05. The van der Waals surface area contributed by atoms with Crippen molar-refractivity contribution in [3.8, 4) is 5.75 Å². The highest BCUT2D eigenvalue weighted by Crippen LogP contribution is 2.25. The molecule has 0 aromatic carbocycles. The van der Waals surface area contributed by atoms with Gasteiger partial charge >= 0.3 is 0 Å². The van der Waals surface area contributed by atoms with Crippen LogP contribution in [0.4, 0.5) is 4.39 Å². The van der Waals surface area contributed by atoms with E-state index >= 15 is 0 Å². The van der Waals surface area contributed by atoms with E-state index in [0.29, 0.717) is 12.3 Å². The molecule has 2 heterocycles. The second-order valence-corrected chi connectivity index (χ2v) is 3.62. The number of nitrogens with zero attached hydrogens (tertiary/aromatic N) is 1. The molecule has 2 atom stereocenters. The lowest BCUT2D eigenvalue weighted by Crippen LogP contribution is -2.33. The molecule has 1 aromatic rings. The zero-order valence-electron chi connectivity index (χ0n) is 8.74. The van der Waals surface area contributed by atoms with Gasteiger partial charge in [-0.1, -0.05) is 0 Å². The topological polar surface area (TPSA) is 77.2 Å². The summed E-state index contributed by atoms with van der Waals surface area (Å²) in [5, 5.41) is 2.57. The Balaban J connectivity index is 2.31. The first kappa shape index (κ1) is 10.8. The number of hydrogen-bond acceptors (Lipinski definition) is 4. The van der Waals surface area contributed by atoms with E-state index in [-0.39, 0.29) is 11.6 Å². The van der Waals surface area contributed by atoms with Gasteiger partial charge in [-0.05, 0) is 0 Å². The number of aromatic nitrogens is 1. The molecule has 0 aliphatic carbocycles. The van der Waals surface area contributed by atoms with Gasteiger partial charge < -0.3 is 15.8 Å². The van der Waals surface area contributed by atoms with Gasteiger partial charge in [0.15, 0.2) is 0 Å². The van der Waals surface area contributed by atoms with Crippen molar-refractivity contribution >= 4 is 5.91 Å².